The first-order chi connectivity index (χ1) is 15.7. The largest absolute Gasteiger partial charge is 0.573 e. The van der Waals surface area contributed by atoms with Crippen molar-refractivity contribution in [3.63, 3.8) is 0 Å². The van der Waals surface area contributed by atoms with Crippen LogP contribution in [0.25, 0.3) is 10.9 Å². The molecule has 1 N–H and O–H groups in total. The summed E-state index contributed by atoms with van der Waals surface area (Å²) in [5.74, 6) is -0.918. The standard InChI is InChI=1S/C23H19F3N4O3/c1-13-12-22(13)20(31)29(15-4-6-16(7-5-15)33-23(24,25)26)21(32)30(22)19-9-10-28-18-8-3-14(27-2)11-17(18)19/h3-11,13,27H,12H2,1-2H3. The number of pyridine rings is 1. The fourth-order valence-corrected chi connectivity index (χ4v) is 4.49. The molecule has 1 saturated carbocycles. The molecule has 10 heteroatoms. The summed E-state index contributed by atoms with van der Waals surface area (Å²) in [5, 5.41) is 3.77. The molecule has 33 heavy (non-hydrogen) atoms. The van der Waals surface area contributed by atoms with E-state index in [1.807, 2.05) is 25.1 Å². The molecule has 1 spiro atoms. The van der Waals surface area contributed by atoms with Crippen molar-refractivity contribution in [1.29, 1.82) is 0 Å². The number of fused-ring (bicyclic) bond motifs is 1. The van der Waals surface area contributed by atoms with Gasteiger partial charge in [0.2, 0.25) is 0 Å². The molecule has 1 aliphatic carbocycles. The molecule has 2 heterocycles. The van der Waals surface area contributed by atoms with Crippen molar-refractivity contribution in [2.24, 2.45) is 5.92 Å². The van der Waals surface area contributed by atoms with Crippen molar-refractivity contribution >= 4 is 39.9 Å². The van der Waals surface area contributed by atoms with Gasteiger partial charge < -0.3 is 10.1 Å². The number of carbonyl (C=O) groups excluding carboxylic acids is 2. The number of urea groups is 1. The minimum Gasteiger partial charge on any atom is -0.406 e. The third-order valence-corrected chi connectivity index (χ3v) is 6.20. The van der Waals surface area contributed by atoms with E-state index in [1.54, 1.807) is 19.3 Å². The first-order valence-corrected chi connectivity index (χ1v) is 10.3. The maximum atomic E-state index is 13.6. The highest BCUT2D eigenvalue weighted by molar-refractivity contribution is 6.33. The van der Waals surface area contributed by atoms with Crippen LogP contribution in [0.4, 0.5) is 35.0 Å². The molecule has 0 bridgehead atoms. The molecule has 2 unspecified atom stereocenters. The van der Waals surface area contributed by atoms with E-state index in [2.05, 4.69) is 15.0 Å². The molecule has 3 amide bonds. The third-order valence-electron chi connectivity index (χ3n) is 6.20. The van der Waals surface area contributed by atoms with Gasteiger partial charge in [-0.1, -0.05) is 6.92 Å². The molecule has 2 aliphatic rings. The van der Waals surface area contributed by atoms with Gasteiger partial charge in [0.15, 0.2) is 0 Å². The number of nitrogens with zero attached hydrogens (tertiary/aromatic N) is 3. The lowest BCUT2D eigenvalue weighted by atomic mass is 10.1. The van der Waals surface area contributed by atoms with Crippen LogP contribution in [-0.2, 0) is 4.79 Å². The number of hydrogen-bond acceptors (Lipinski definition) is 5. The Morgan fingerprint density at radius 2 is 1.82 bits per heavy atom. The molecule has 0 radical (unpaired) electrons. The first-order valence-electron chi connectivity index (χ1n) is 10.3. The number of anilines is 3. The van der Waals surface area contributed by atoms with Crippen molar-refractivity contribution in [2.45, 2.75) is 25.2 Å². The second kappa shape index (κ2) is 7.09. The van der Waals surface area contributed by atoms with Crippen molar-refractivity contribution in [3.05, 3.63) is 54.7 Å². The van der Waals surface area contributed by atoms with E-state index < -0.39 is 29.6 Å². The Morgan fingerprint density at radius 3 is 2.42 bits per heavy atom. The van der Waals surface area contributed by atoms with Crippen molar-refractivity contribution in [3.8, 4) is 5.75 Å². The number of alkyl halides is 3. The second-order valence-electron chi connectivity index (χ2n) is 8.14. The number of benzene rings is 2. The molecule has 3 aromatic rings. The molecule has 1 saturated heterocycles. The smallest absolute Gasteiger partial charge is 0.406 e. The maximum absolute atomic E-state index is 13.6. The summed E-state index contributed by atoms with van der Waals surface area (Å²) in [6.07, 6.45) is -2.76. The number of rotatable bonds is 4. The summed E-state index contributed by atoms with van der Waals surface area (Å²) in [4.78, 5) is 34.0. The zero-order valence-corrected chi connectivity index (χ0v) is 17.7. The number of imide groups is 1. The van der Waals surface area contributed by atoms with E-state index in [4.69, 9.17) is 0 Å². The van der Waals surface area contributed by atoms with Gasteiger partial charge >= 0.3 is 12.4 Å². The van der Waals surface area contributed by atoms with E-state index in [0.29, 0.717) is 23.0 Å². The highest BCUT2D eigenvalue weighted by atomic mass is 19.4. The highest BCUT2D eigenvalue weighted by Gasteiger charge is 2.70. The Labute approximate surface area is 186 Å². The van der Waals surface area contributed by atoms with Crippen molar-refractivity contribution in [1.82, 2.24) is 4.98 Å². The van der Waals surface area contributed by atoms with Crippen LogP contribution in [0.1, 0.15) is 13.3 Å². The molecule has 5 rings (SSSR count). The first kappa shape index (κ1) is 21.0. The number of amides is 3. The minimum absolute atomic E-state index is 0.0810. The molecule has 1 aliphatic heterocycles. The Morgan fingerprint density at radius 1 is 1.12 bits per heavy atom. The Hall–Kier alpha value is -3.82. The molecular formula is C23H19F3N4O3. The third kappa shape index (κ3) is 3.24. The van der Waals surface area contributed by atoms with Gasteiger partial charge in [-0.2, -0.15) is 0 Å². The van der Waals surface area contributed by atoms with Gasteiger partial charge in [-0.25, -0.2) is 9.69 Å². The second-order valence-corrected chi connectivity index (χ2v) is 8.14. The summed E-state index contributed by atoms with van der Waals surface area (Å²) in [5.41, 5.74) is 1.18. The molecule has 7 nitrogen and oxygen atoms in total. The monoisotopic (exact) mass is 456 g/mol. The Bertz CT molecular complexity index is 1280. The van der Waals surface area contributed by atoms with Crippen molar-refractivity contribution in [2.75, 3.05) is 22.2 Å². The highest BCUT2D eigenvalue weighted by Crippen LogP contribution is 2.56. The predicted molar refractivity (Wildman–Crippen MR) is 116 cm³/mol. The summed E-state index contributed by atoms with van der Waals surface area (Å²) in [6.45, 7) is 1.89. The summed E-state index contributed by atoms with van der Waals surface area (Å²) in [7, 11) is 1.78. The molecular weight excluding hydrogens is 437 g/mol. The average molecular weight is 456 g/mol. The van der Waals surface area contributed by atoms with Crippen LogP contribution in [0.2, 0.25) is 0 Å². The van der Waals surface area contributed by atoms with Crippen LogP contribution in [0, 0.1) is 5.92 Å². The molecule has 170 valence electrons. The lowest BCUT2D eigenvalue weighted by Crippen LogP contribution is -2.39. The van der Waals surface area contributed by atoms with Crippen LogP contribution >= 0.6 is 0 Å². The molecule has 1 aromatic heterocycles. The number of nitrogens with one attached hydrogen (secondary N) is 1. The van der Waals surface area contributed by atoms with Crippen molar-refractivity contribution < 1.29 is 27.5 Å². The van der Waals surface area contributed by atoms with E-state index >= 15 is 0 Å². The number of aromatic nitrogens is 1. The van der Waals surface area contributed by atoms with Gasteiger partial charge in [-0.15, -0.1) is 13.2 Å². The minimum atomic E-state index is -4.83. The normalized spacial score (nSPS) is 22.4. The SMILES string of the molecule is CNc1ccc2nccc(N3C(=O)N(c4ccc(OC(F)(F)F)cc4)C(=O)C34CC4C)c2c1. The fraction of sp³-hybridized carbons (Fsp3) is 0.261. The van der Waals surface area contributed by atoms with Gasteiger partial charge in [-0.05, 0) is 60.9 Å². The zero-order valence-electron chi connectivity index (χ0n) is 17.7. The van der Waals surface area contributed by atoms with Crippen LogP contribution in [0.15, 0.2) is 54.7 Å². The quantitative estimate of drug-likeness (QED) is 0.564. The van der Waals surface area contributed by atoms with Gasteiger partial charge in [0.25, 0.3) is 5.91 Å². The zero-order chi connectivity index (χ0) is 23.5. The lowest BCUT2D eigenvalue weighted by molar-refractivity contribution is -0.274. The Kier molecular flexibility index (Phi) is 4.52. The topological polar surface area (TPSA) is 74.8 Å². The van der Waals surface area contributed by atoms with Gasteiger partial charge in [0, 0.05) is 24.3 Å². The number of ether oxygens (including phenoxy) is 1. The van der Waals surface area contributed by atoms with E-state index in [1.165, 1.54) is 17.0 Å². The predicted octanol–water partition coefficient (Wildman–Crippen LogP) is 4.93. The molecule has 2 atom stereocenters. The van der Waals surface area contributed by atoms with E-state index in [9.17, 15) is 22.8 Å². The van der Waals surface area contributed by atoms with Gasteiger partial charge in [-0.3, -0.25) is 14.7 Å². The Balaban J connectivity index is 1.58. The molecule has 2 fully saturated rings. The number of hydrogen-bond donors (Lipinski definition) is 1. The van der Waals surface area contributed by atoms with Gasteiger partial charge in [0.1, 0.15) is 11.3 Å². The van der Waals surface area contributed by atoms with E-state index in [-0.39, 0.29) is 11.6 Å². The maximum Gasteiger partial charge on any atom is 0.573 e. The summed E-state index contributed by atoms with van der Waals surface area (Å²) in [6, 6.07) is 11.4. The fourth-order valence-electron chi connectivity index (χ4n) is 4.49. The summed E-state index contributed by atoms with van der Waals surface area (Å²) >= 11 is 0. The van der Waals surface area contributed by atoms with Gasteiger partial charge in [0.05, 0.1) is 16.9 Å². The van der Waals surface area contributed by atoms with Crippen LogP contribution in [-0.4, -0.2) is 35.9 Å². The molecule has 2 aromatic carbocycles. The average Bonchev–Trinajstić information content (AvgIpc) is 3.39. The number of halogens is 3. The summed E-state index contributed by atoms with van der Waals surface area (Å²) < 4.78 is 41.3. The number of carbonyl (C=O) groups is 2. The lowest BCUT2D eigenvalue weighted by Gasteiger charge is -2.24. The van der Waals surface area contributed by atoms with Crippen LogP contribution in [0.3, 0.4) is 0 Å². The van der Waals surface area contributed by atoms with Crippen LogP contribution in [0.5, 0.6) is 5.75 Å². The van der Waals surface area contributed by atoms with Crippen LogP contribution < -0.4 is 19.9 Å². The van der Waals surface area contributed by atoms with E-state index in [0.717, 1.165) is 22.7 Å².